The van der Waals surface area contributed by atoms with Crippen molar-refractivity contribution in [3.63, 3.8) is 0 Å². The quantitative estimate of drug-likeness (QED) is 0.903. The smallest absolute Gasteiger partial charge is 0.274 e. The van der Waals surface area contributed by atoms with Crippen LogP contribution in [0.4, 0.5) is 0 Å². The number of nitrogens with one attached hydrogen (secondary N) is 1. The third-order valence-corrected chi connectivity index (χ3v) is 3.96. The van der Waals surface area contributed by atoms with Crippen LogP contribution < -0.4 is 5.73 Å². The van der Waals surface area contributed by atoms with Crippen molar-refractivity contribution in [3.05, 3.63) is 29.7 Å². The number of aromatic nitrogens is 2. The lowest BCUT2D eigenvalue weighted by Crippen LogP contribution is -2.47. The molecule has 3 heterocycles. The summed E-state index contributed by atoms with van der Waals surface area (Å²) in [7, 11) is 0. The van der Waals surface area contributed by atoms with E-state index in [9.17, 15) is 4.79 Å². The van der Waals surface area contributed by atoms with Crippen molar-refractivity contribution in [2.24, 2.45) is 5.73 Å². The van der Waals surface area contributed by atoms with Gasteiger partial charge in [-0.25, -0.2) is 0 Å². The lowest BCUT2D eigenvalue weighted by atomic mass is 10.0. The van der Waals surface area contributed by atoms with Crippen LogP contribution in [0, 0.1) is 6.92 Å². The Kier molecular flexibility index (Phi) is 3.79. The number of nitrogens with two attached hydrogens (primary N) is 1. The molecule has 2 aromatic rings. The summed E-state index contributed by atoms with van der Waals surface area (Å²) in [6, 6.07) is 5.60. The van der Waals surface area contributed by atoms with Crippen LogP contribution in [0.5, 0.6) is 0 Å². The maximum absolute atomic E-state index is 12.6. The number of piperidine rings is 1. The van der Waals surface area contributed by atoms with Gasteiger partial charge in [-0.15, -0.1) is 0 Å². The summed E-state index contributed by atoms with van der Waals surface area (Å²) >= 11 is 0. The number of H-pyrrole nitrogens is 1. The number of nitrogens with zero attached hydrogens (tertiary/aromatic N) is 2. The molecule has 1 fully saturated rings. The van der Waals surface area contributed by atoms with Gasteiger partial charge in [0.25, 0.3) is 5.91 Å². The molecule has 1 atom stereocenters. The van der Waals surface area contributed by atoms with Crippen LogP contribution >= 0.6 is 0 Å². The minimum atomic E-state index is -0.0593. The maximum atomic E-state index is 12.6. The first-order chi connectivity index (χ1) is 10.2. The fraction of sp³-hybridized carbons (Fsp3) is 0.467. The number of aryl methyl sites for hydroxylation is 1. The number of amides is 1. The van der Waals surface area contributed by atoms with Crippen molar-refractivity contribution in [2.45, 2.75) is 32.2 Å². The average molecular weight is 288 g/mol. The van der Waals surface area contributed by atoms with Crippen LogP contribution in [0.25, 0.3) is 11.5 Å². The molecule has 0 radical (unpaired) electrons. The Morgan fingerprint density at radius 3 is 3.10 bits per heavy atom. The van der Waals surface area contributed by atoms with Crippen molar-refractivity contribution in [1.82, 2.24) is 15.1 Å². The number of aromatic amines is 1. The summed E-state index contributed by atoms with van der Waals surface area (Å²) in [4.78, 5) is 14.4. The Morgan fingerprint density at radius 1 is 1.52 bits per heavy atom. The third kappa shape index (κ3) is 2.71. The highest BCUT2D eigenvalue weighted by atomic mass is 16.3. The Balaban J connectivity index is 1.80. The van der Waals surface area contributed by atoms with E-state index in [2.05, 4.69) is 10.2 Å². The predicted octanol–water partition coefficient (Wildman–Crippen LogP) is 1.93. The molecule has 1 aliphatic heterocycles. The van der Waals surface area contributed by atoms with Crippen molar-refractivity contribution >= 4 is 5.91 Å². The third-order valence-electron chi connectivity index (χ3n) is 3.96. The average Bonchev–Trinajstić information content (AvgIpc) is 3.15. The number of likely N-dealkylation sites (tertiary alicyclic amines) is 1. The van der Waals surface area contributed by atoms with E-state index >= 15 is 0 Å². The van der Waals surface area contributed by atoms with Crippen LogP contribution in [0.3, 0.4) is 0 Å². The summed E-state index contributed by atoms with van der Waals surface area (Å²) in [6.07, 6.45) is 3.12. The lowest BCUT2D eigenvalue weighted by Gasteiger charge is -2.34. The van der Waals surface area contributed by atoms with Crippen LogP contribution in [0.15, 0.2) is 22.6 Å². The molecule has 3 N–H and O–H groups in total. The molecule has 2 aromatic heterocycles. The second-order valence-electron chi connectivity index (χ2n) is 5.46. The fourth-order valence-corrected chi connectivity index (χ4v) is 2.80. The molecule has 1 amide bonds. The molecule has 0 aliphatic carbocycles. The van der Waals surface area contributed by atoms with Crippen molar-refractivity contribution in [1.29, 1.82) is 0 Å². The van der Waals surface area contributed by atoms with E-state index in [4.69, 9.17) is 10.2 Å². The summed E-state index contributed by atoms with van der Waals surface area (Å²) in [5.74, 6) is 1.45. The van der Waals surface area contributed by atoms with Gasteiger partial charge in [-0.3, -0.25) is 9.89 Å². The van der Waals surface area contributed by atoms with E-state index in [1.807, 2.05) is 24.0 Å². The topological polar surface area (TPSA) is 88.1 Å². The van der Waals surface area contributed by atoms with Gasteiger partial charge in [0, 0.05) is 25.2 Å². The Labute approximate surface area is 123 Å². The first-order valence-corrected chi connectivity index (χ1v) is 7.32. The second-order valence-corrected chi connectivity index (χ2v) is 5.46. The number of furan rings is 1. The molecule has 0 saturated carbocycles. The van der Waals surface area contributed by atoms with Gasteiger partial charge in [0.2, 0.25) is 0 Å². The molecule has 0 aromatic carbocycles. The van der Waals surface area contributed by atoms with Gasteiger partial charge in [0.05, 0.1) is 0 Å². The van der Waals surface area contributed by atoms with Gasteiger partial charge < -0.3 is 15.1 Å². The van der Waals surface area contributed by atoms with Crippen LogP contribution in [-0.4, -0.2) is 40.1 Å². The maximum Gasteiger partial charge on any atom is 0.274 e. The first-order valence-electron chi connectivity index (χ1n) is 7.32. The van der Waals surface area contributed by atoms with Gasteiger partial charge in [-0.2, -0.15) is 5.10 Å². The zero-order valence-corrected chi connectivity index (χ0v) is 12.1. The highest BCUT2D eigenvalue weighted by molar-refractivity contribution is 5.93. The lowest BCUT2D eigenvalue weighted by molar-refractivity contribution is 0.0617. The largest absolute Gasteiger partial charge is 0.460 e. The number of rotatable bonds is 3. The minimum absolute atomic E-state index is 0.0593. The van der Waals surface area contributed by atoms with Crippen molar-refractivity contribution in [3.8, 4) is 11.5 Å². The van der Waals surface area contributed by atoms with Gasteiger partial charge in [0.15, 0.2) is 11.5 Å². The highest BCUT2D eigenvalue weighted by Crippen LogP contribution is 2.23. The molecule has 112 valence electrons. The Bertz CT molecular complexity index is 631. The highest BCUT2D eigenvalue weighted by Gasteiger charge is 2.28. The van der Waals surface area contributed by atoms with E-state index in [-0.39, 0.29) is 11.9 Å². The molecule has 1 saturated heterocycles. The summed E-state index contributed by atoms with van der Waals surface area (Å²) in [5.41, 5.74) is 6.90. The second kappa shape index (κ2) is 5.73. The fourth-order valence-electron chi connectivity index (χ4n) is 2.80. The molecule has 1 aliphatic rings. The molecule has 3 rings (SSSR count). The Hall–Kier alpha value is -2.08. The van der Waals surface area contributed by atoms with E-state index in [0.717, 1.165) is 31.6 Å². The monoisotopic (exact) mass is 288 g/mol. The molecule has 21 heavy (non-hydrogen) atoms. The summed E-state index contributed by atoms with van der Waals surface area (Å²) in [6.45, 7) is 3.13. The summed E-state index contributed by atoms with van der Waals surface area (Å²) in [5, 5.41) is 6.99. The molecular weight excluding hydrogens is 268 g/mol. The number of carbonyl (C=O) groups is 1. The normalized spacial score (nSPS) is 19.0. The van der Waals surface area contributed by atoms with Crippen LogP contribution in [0.2, 0.25) is 0 Å². The predicted molar refractivity (Wildman–Crippen MR) is 78.8 cm³/mol. The Morgan fingerprint density at radius 2 is 2.38 bits per heavy atom. The SMILES string of the molecule is Cc1ccc(-c2cc(C(=O)N3CCCCC3CN)n[nH]2)o1. The van der Waals surface area contributed by atoms with Gasteiger partial charge in [-0.05, 0) is 38.3 Å². The number of carbonyl (C=O) groups excluding carboxylic acids is 1. The molecular formula is C15H20N4O2. The van der Waals surface area contributed by atoms with Gasteiger partial charge in [0.1, 0.15) is 11.5 Å². The standard InChI is InChI=1S/C15H20N4O2/c1-10-5-6-14(21-10)12-8-13(18-17-12)15(20)19-7-3-2-4-11(19)9-16/h5-6,8,11H,2-4,7,9,16H2,1H3,(H,17,18). The van der Waals surface area contributed by atoms with E-state index < -0.39 is 0 Å². The van der Waals surface area contributed by atoms with E-state index in [0.29, 0.717) is 23.7 Å². The molecule has 0 spiro atoms. The van der Waals surface area contributed by atoms with E-state index in [1.165, 1.54) is 0 Å². The zero-order chi connectivity index (χ0) is 14.8. The first kappa shape index (κ1) is 13.9. The molecule has 6 heteroatoms. The van der Waals surface area contributed by atoms with Crippen LogP contribution in [0.1, 0.15) is 35.5 Å². The van der Waals surface area contributed by atoms with Crippen molar-refractivity contribution < 1.29 is 9.21 Å². The minimum Gasteiger partial charge on any atom is -0.460 e. The molecule has 6 nitrogen and oxygen atoms in total. The number of hydrogen-bond acceptors (Lipinski definition) is 4. The van der Waals surface area contributed by atoms with Crippen molar-refractivity contribution in [2.75, 3.05) is 13.1 Å². The van der Waals surface area contributed by atoms with Gasteiger partial charge in [-0.1, -0.05) is 0 Å². The number of hydrogen-bond donors (Lipinski definition) is 2. The molecule has 1 unspecified atom stereocenters. The molecule has 0 bridgehead atoms. The van der Waals surface area contributed by atoms with Gasteiger partial charge >= 0.3 is 0 Å². The zero-order valence-electron chi connectivity index (χ0n) is 12.1. The summed E-state index contributed by atoms with van der Waals surface area (Å²) < 4.78 is 5.53. The van der Waals surface area contributed by atoms with E-state index in [1.54, 1.807) is 6.07 Å². The van der Waals surface area contributed by atoms with Crippen LogP contribution in [-0.2, 0) is 0 Å².